The molecule has 0 aliphatic heterocycles. The minimum absolute atomic E-state index is 0.262. The van der Waals surface area contributed by atoms with E-state index in [-0.39, 0.29) is 12.4 Å². The van der Waals surface area contributed by atoms with Gasteiger partial charge in [-0.15, -0.1) is 0 Å². The summed E-state index contributed by atoms with van der Waals surface area (Å²) in [5.41, 5.74) is 0.799. The normalized spacial score (nSPS) is 10.6. The Morgan fingerprint density at radius 3 is 2.42 bits per heavy atom. The third-order valence-electron chi connectivity index (χ3n) is 3.93. The van der Waals surface area contributed by atoms with Crippen molar-refractivity contribution < 1.29 is 23.4 Å². The van der Waals surface area contributed by atoms with Gasteiger partial charge in [-0.3, -0.25) is 4.79 Å². The van der Waals surface area contributed by atoms with Crippen LogP contribution in [0.1, 0.15) is 13.3 Å². The second-order valence-corrected chi connectivity index (χ2v) is 5.54. The third kappa shape index (κ3) is 3.39. The van der Waals surface area contributed by atoms with Crippen molar-refractivity contribution in [2.75, 3.05) is 14.2 Å². The molecule has 0 aliphatic carbocycles. The molecule has 134 valence electrons. The molecule has 6 nitrogen and oxygen atoms in total. The van der Waals surface area contributed by atoms with Crippen LogP contribution in [0.4, 0.5) is 0 Å². The lowest BCUT2D eigenvalue weighted by Gasteiger charge is -2.10. The van der Waals surface area contributed by atoms with Crippen LogP contribution in [0.3, 0.4) is 0 Å². The van der Waals surface area contributed by atoms with Crippen LogP contribution in [-0.2, 0) is 4.79 Å². The Bertz CT molecular complexity index is 1020. The number of rotatable bonds is 5. The first-order valence-corrected chi connectivity index (χ1v) is 8.06. The van der Waals surface area contributed by atoms with Gasteiger partial charge in [0.2, 0.25) is 0 Å². The lowest BCUT2D eigenvalue weighted by molar-refractivity contribution is -0.134. The van der Waals surface area contributed by atoms with Gasteiger partial charge < -0.3 is 18.6 Å². The highest BCUT2D eigenvalue weighted by molar-refractivity contribution is 5.85. The molecule has 0 radical (unpaired) electrons. The molecular formula is C20H18O6. The fourth-order valence-electron chi connectivity index (χ4n) is 2.57. The van der Waals surface area contributed by atoms with E-state index in [0.29, 0.717) is 39.3 Å². The van der Waals surface area contributed by atoms with Crippen molar-refractivity contribution in [2.24, 2.45) is 0 Å². The number of carbonyl (C=O) groups is 1. The van der Waals surface area contributed by atoms with Gasteiger partial charge in [0.1, 0.15) is 22.8 Å². The molecule has 26 heavy (non-hydrogen) atoms. The average Bonchev–Trinajstić information content (AvgIpc) is 2.66. The number of carbonyl (C=O) groups excluding carboxylic acids is 1. The number of methoxy groups -OCH3 is 2. The number of hydrogen-bond donors (Lipinski definition) is 0. The van der Waals surface area contributed by atoms with Crippen molar-refractivity contribution in [3.8, 4) is 28.4 Å². The molecule has 0 amide bonds. The number of esters is 1. The van der Waals surface area contributed by atoms with E-state index in [2.05, 4.69) is 0 Å². The summed E-state index contributed by atoms with van der Waals surface area (Å²) in [6.07, 6.45) is 0.262. The SMILES string of the molecule is CCC(=O)Oc1ccc2cc(-c3ccc(OC)cc3OC)c(=O)oc2c1. The van der Waals surface area contributed by atoms with E-state index >= 15 is 0 Å². The highest BCUT2D eigenvalue weighted by Gasteiger charge is 2.14. The molecule has 0 saturated carbocycles. The summed E-state index contributed by atoms with van der Waals surface area (Å²) in [6, 6.07) is 11.8. The van der Waals surface area contributed by atoms with E-state index in [1.165, 1.54) is 13.2 Å². The molecule has 3 aromatic rings. The van der Waals surface area contributed by atoms with Crippen molar-refractivity contribution in [3.63, 3.8) is 0 Å². The standard InChI is InChI=1S/C20H18O6/c1-4-19(21)25-14-6-5-12-9-16(20(22)26-17(12)11-14)15-8-7-13(23-2)10-18(15)24-3/h5-11H,4H2,1-3H3. The predicted molar refractivity (Wildman–Crippen MR) is 97.0 cm³/mol. The Balaban J connectivity index is 2.09. The van der Waals surface area contributed by atoms with Crippen LogP contribution in [0.25, 0.3) is 22.1 Å². The van der Waals surface area contributed by atoms with Crippen LogP contribution < -0.4 is 19.8 Å². The summed E-state index contributed by atoms with van der Waals surface area (Å²) in [5.74, 6) is 1.11. The molecule has 6 heteroatoms. The quantitative estimate of drug-likeness (QED) is 0.394. The van der Waals surface area contributed by atoms with Crippen molar-refractivity contribution >= 4 is 16.9 Å². The molecule has 1 heterocycles. The van der Waals surface area contributed by atoms with Crippen LogP contribution in [0, 0.1) is 0 Å². The highest BCUT2D eigenvalue weighted by Crippen LogP contribution is 2.33. The Morgan fingerprint density at radius 1 is 0.962 bits per heavy atom. The lowest BCUT2D eigenvalue weighted by atomic mass is 10.0. The van der Waals surface area contributed by atoms with Gasteiger partial charge in [0.25, 0.3) is 0 Å². The van der Waals surface area contributed by atoms with Crippen LogP contribution in [0.2, 0.25) is 0 Å². The molecule has 3 rings (SSSR count). The second-order valence-electron chi connectivity index (χ2n) is 5.54. The molecule has 1 aromatic heterocycles. The largest absolute Gasteiger partial charge is 0.497 e. The minimum Gasteiger partial charge on any atom is -0.497 e. The zero-order valence-corrected chi connectivity index (χ0v) is 14.7. The van der Waals surface area contributed by atoms with Crippen molar-refractivity contribution in [1.82, 2.24) is 0 Å². The Kier molecular flexibility index (Phi) is 4.93. The number of fused-ring (bicyclic) bond motifs is 1. The topological polar surface area (TPSA) is 75.0 Å². The van der Waals surface area contributed by atoms with E-state index in [9.17, 15) is 9.59 Å². The fraction of sp³-hybridized carbons (Fsp3) is 0.200. The molecule has 0 spiro atoms. The van der Waals surface area contributed by atoms with Crippen molar-refractivity contribution in [3.05, 3.63) is 52.9 Å². The van der Waals surface area contributed by atoms with Crippen LogP contribution in [-0.4, -0.2) is 20.2 Å². The van der Waals surface area contributed by atoms with Crippen LogP contribution in [0.5, 0.6) is 17.2 Å². The summed E-state index contributed by atoms with van der Waals surface area (Å²) in [5, 5.41) is 0.703. The molecule has 0 N–H and O–H groups in total. The first kappa shape index (κ1) is 17.5. The van der Waals surface area contributed by atoms with Gasteiger partial charge in [-0.25, -0.2) is 4.79 Å². The maximum Gasteiger partial charge on any atom is 0.344 e. The minimum atomic E-state index is -0.514. The molecule has 2 aromatic carbocycles. The number of ether oxygens (including phenoxy) is 3. The molecule has 0 unspecified atom stereocenters. The molecule has 0 bridgehead atoms. The number of hydrogen-bond acceptors (Lipinski definition) is 6. The highest BCUT2D eigenvalue weighted by atomic mass is 16.5. The maximum atomic E-state index is 12.5. The van der Waals surface area contributed by atoms with Gasteiger partial charge in [0.15, 0.2) is 0 Å². The molecule has 0 fully saturated rings. The first-order valence-electron chi connectivity index (χ1n) is 8.06. The Hall–Kier alpha value is -3.28. The Labute approximate surface area is 149 Å². The van der Waals surface area contributed by atoms with Gasteiger partial charge in [-0.2, -0.15) is 0 Å². The Morgan fingerprint density at radius 2 is 1.73 bits per heavy atom. The average molecular weight is 354 g/mol. The first-order chi connectivity index (χ1) is 12.5. The van der Waals surface area contributed by atoms with Gasteiger partial charge in [0, 0.05) is 29.5 Å². The van der Waals surface area contributed by atoms with Gasteiger partial charge >= 0.3 is 11.6 Å². The van der Waals surface area contributed by atoms with Crippen molar-refractivity contribution in [1.29, 1.82) is 0 Å². The lowest BCUT2D eigenvalue weighted by Crippen LogP contribution is -2.06. The van der Waals surface area contributed by atoms with Gasteiger partial charge in [-0.1, -0.05) is 6.92 Å². The predicted octanol–water partition coefficient (Wildman–Crippen LogP) is 3.79. The smallest absolute Gasteiger partial charge is 0.344 e. The molecule has 0 atom stereocenters. The second kappa shape index (κ2) is 7.31. The summed E-state index contributed by atoms with van der Waals surface area (Å²) < 4.78 is 21.1. The maximum absolute atomic E-state index is 12.5. The van der Waals surface area contributed by atoms with Gasteiger partial charge in [0.05, 0.1) is 19.8 Å². The zero-order valence-electron chi connectivity index (χ0n) is 14.7. The summed E-state index contributed by atoms with van der Waals surface area (Å²) >= 11 is 0. The van der Waals surface area contributed by atoms with E-state index in [4.69, 9.17) is 18.6 Å². The van der Waals surface area contributed by atoms with E-state index < -0.39 is 5.63 Å². The van der Waals surface area contributed by atoms with Crippen molar-refractivity contribution in [2.45, 2.75) is 13.3 Å². The van der Waals surface area contributed by atoms with E-state index in [0.717, 1.165) is 0 Å². The molecule has 0 saturated heterocycles. The van der Waals surface area contributed by atoms with E-state index in [1.807, 2.05) is 0 Å². The van der Waals surface area contributed by atoms with Crippen LogP contribution in [0.15, 0.2) is 51.7 Å². The van der Waals surface area contributed by atoms with Crippen LogP contribution >= 0.6 is 0 Å². The summed E-state index contributed by atoms with van der Waals surface area (Å²) in [4.78, 5) is 23.9. The molecular weight excluding hydrogens is 336 g/mol. The third-order valence-corrected chi connectivity index (χ3v) is 3.93. The zero-order chi connectivity index (χ0) is 18.7. The van der Waals surface area contributed by atoms with E-state index in [1.54, 1.807) is 50.4 Å². The fourth-order valence-corrected chi connectivity index (χ4v) is 2.57. The summed E-state index contributed by atoms with van der Waals surface area (Å²) in [7, 11) is 3.08. The number of benzene rings is 2. The summed E-state index contributed by atoms with van der Waals surface area (Å²) in [6.45, 7) is 1.71. The monoisotopic (exact) mass is 354 g/mol. The molecule has 0 aliphatic rings. The van der Waals surface area contributed by atoms with Gasteiger partial charge in [-0.05, 0) is 30.3 Å².